The molecule has 0 unspecified atom stereocenters. The molecule has 1 saturated heterocycles. The lowest BCUT2D eigenvalue weighted by molar-refractivity contribution is -0.138. The highest BCUT2D eigenvalue weighted by Crippen LogP contribution is 2.17. The van der Waals surface area contributed by atoms with Gasteiger partial charge in [-0.25, -0.2) is 4.98 Å². The highest BCUT2D eigenvalue weighted by atomic mass is 32.2. The molecule has 1 aromatic carbocycles. The number of benzene rings is 1. The lowest BCUT2D eigenvalue weighted by Gasteiger charge is -2.30. The van der Waals surface area contributed by atoms with E-state index in [1.165, 1.54) is 50.0 Å². The van der Waals surface area contributed by atoms with E-state index >= 15 is 0 Å². The molecule has 12 atom stereocenters. The molecule has 2 aromatic rings. The Balaban J connectivity index is 1.70. The predicted molar refractivity (Wildman–Crippen MR) is 276 cm³/mol. The van der Waals surface area contributed by atoms with Crippen molar-refractivity contribution >= 4 is 70.8 Å². The van der Waals surface area contributed by atoms with Crippen LogP contribution in [0.4, 0.5) is 0 Å². The number of thioether (sulfide) groups is 1. The van der Waals surface area contributed by atoms with Gasteiger partial charge < -0.3 is 69.0 Å². The first kappa shape index (κ1) is 61.7. The second-order valence-corrected chi connectivity index (χ2v) is 19.8. The van der Waals surface area contributed by atoms with Gasteiger partial charge in [0.25, 0.3) is 0 Å². The summed E-state index contributed by atoms with van der Waals surface area (Å²) in [6.07, 6.45) is 5.15. The van der Waals surface area contributed by atoms with Gasteiger partial charge in [0, 0.05) is 31.3 Å². The molecule has 1 aliphatic rings. The summed E-state index contributed by atoms with van der Waals surface area (Å²) >= 11 is 1.40. The number of aliphatic hydroxyl groups excluding tert-OH is 1. The van der Waals surface area contributed by atoms with Crippen LogP contribution in [0, 0.1) is 11.8 Å². The number of imidazole rings is 1. The fourth-order valence-corrected chi connectivity index (χ4v) is 8.34. The van der Waals surface area contributed by atoms with E-state index in [0.717, 1.165) is 5.56 Å². The van der Waals surface area contributed by atoms with Gasteiger partial charge in [-0.1, -0.05) is 70.9 Å². The Morgan fingerprint density at radius 1 is 0.716 bits per heavy atom. The Kier molecular flexibility index (Phi) is 25.5. The van der Waals surface area contributed by atoms with Crippen molar-refractivity contribution in [2.24, 2.45) is 23.3 Å². The van der Waals surface area contributed by atoms with E-state index in [2.05, 4.69) is 52.5 Å². The first-order valence-corrected chi connectivity index (χ1v) is 26.3. The summed E-state index contributed by atoms with van der Waals surface area (Å²) in [5.41, 5.74) is 12.8. The monoisotopic (exact) mass is 1060 g/mol. The first-order valence-electron chi connectivity index (χ1n) is 25.0. The topological polar surface area (TPSA) is 371 Å². The van der Waals surface area contributed by atoms with Crippen molar-refractivity contribution in [2.75, 3.05) is 25.1 Å². The summed E-state index contributed by atoms with van der Waals surface area (Å²) in [5.74, 6) is -7.61. The van der Waals surface area contributed by atoms with Crippen LogP contribution < -0.4 is 54.0 Å². The van der Waals surface area contributed by atoms with Gasteiger partial charge in [-0.2, -0.15) is 11.8 Å². The van der Waals surface area contributed by atoms with Crippen LogP contribution in [0.3, 0.4) is 0 Å². The van der Waals surface area contributed by atoms with Gasteiger partial charge in [-0.05, 0) is 69.4 Å². The van der Waals surface area contributed by atoms with E-state index in [1.807, 2.05) is 19.9 Å². The molecule has 24 nitrogen and oxygen atoms in total. The number of hydrogen-bond donors (Lipinski definition) is 12. The first-order chi connectivity index (χ1) is 35.0. The van der Waals surface area contributed by atoms with Crippen LogP contribution in [0.1, 0.15) is 91.8 Å². The van der Waals surface area contributed by atoms with Gasteiger partial charge in [0.05, 0.1) is 25.0 Å². The van der Waals surface area contributed by atoms with Crippen LogP contribution in [0.25, 0.3) is 0 Å². The number of H-pyrrole nitrogens is 1. The molecule has 10 amide bonds. The van der Waals surface area contributed by atoms with Crippen LogP contribution in [-0.4, -0.2) is 165 Å². The number of likely N-dealkylation sites (tertiary alicyclic amines) is 1. The van der Waals surface area contributed by atoms with E-state index < -0.39 is 132 Å². The number of nitrogens with zero attached hydrogens (tertiary/aromatic N) is 2. The maximum atomic E-state index is 14.0. The Morgan fingerprint density at radius 2 is 1.27 bits per heavy atom. The molecule has 3 rings (SSSR count). The standard InChI is InChI=1S/C49H77N13O11S/c1-9-26(3)38(50)47(71)59-34(21-31-15-12-11-13-16-31)46(70)55-28(5)42(66)57-33(18-20-74-8)45(69)60-39(27(4)10-2)48(72)61-40(30(7)63)49(73)56-29(6)43(67)58-35(22-32-23-52-25-54-32)44(68)53-24-37(64)62-19-14-17-36(62)41(51)65/h11-13,15-16,23,25-30,33-36,38-40,63H,9-10,14,17-22,24,50H2,1-8H3,(H2,51,65)(H,52,54)(H,53,68)(H,55,70)(H,56,73)(H,57,66)(H,58,67)(H,59,71)(H,60,69)(H,61,72)/t26-,27-,28-,29-,30+,33-,34-,35-,36-,38-,39-,40-/m0/s1. The number of amides is 10. The average molecular weight is 1060 g/mol. The zero-order chi connectivity index (χ0) is 55.2. The van der Waals surface area contributed by atoms with E-state index in [4.69, 9.17) is 11.5 Å². The molecular formula is C49H77N13O11S. The number of aromatic nitrogens is 2. The van der Waals surface area contributed by atoms with Crippen LogP contribution in [0.5, 0.6) is 0 Å². The van der Waals surface area contributed by atoms with E-state index in [0.29, 0.717) is 37.1 Å². The minimum absolute atomic E-state index is 0.0995. The minimum Gasteiger partial charge on any atom is -0.391 e. The number of hydrogen-bond acceptors (Lipinski definition) is 14. The summed E-state index contributed by atoms with van der Waals surface area (Å²) in [6.45, 7) is 10.9. The third kappa shape index (κ3) is 19.0. The van der Waals surface area contributed by atoms with Crippen molar-refractivity contribution in [2.45, 2.75) is 154 Å². The Morgan fingerprint density at radius 3 is 1.84 bits per heavy atom. The molecule has 0 bridgehead atoms. The molecule has 0 radical (unpaired) electrons. The maximum Gasteiger partial charge on any atom is 0.245 e. The summed E-state index contributed by atoms with van der Waals surface area (Å²) in [7, 11) is 0. The number of rotatable bonds is 30. The second kappa shape index (κ2) is 30.6. The van der Waals surface area contributed by atoms with Crippen molar-refractivity contribution in [3.8, 4) is 0 Å². The minimum atomic E-state index is -1.65. The predicted octanol–water partition coefficient (Wildman–Crippen LogP) is -2.23. The quantitative estimate of drug-likeness (QED) is 0.0395. The smallest absolute Gasteiger partial charge is 0.245 e. The Hall–Kier alpha value is -6.60. The van der Waals surface area contributed by atoms with Crippen LogP contribution in [0.2, 0.25) is 0 Å². The van der Waals surface area contributed by atoms with Crippen LogP contribution in [-0.2, 0) is 60.8 Å². The average Bonchev–Trinajstić information content (AvgIpc) is 4.10. The Labute approximate surface area is 436 Å². The number of aliphatic hydroxyl groups is 1. The molecule has 14 N–H and O–H groups in total. The molecule has 0 saturated carbocycles. The highest BCUT2D eigenvalue weighted by molar-refractivity contribution is 7.98. The third-order valence-corrected chi connectivity index (χ3v) is 13.7. The normalized spacial score (nSPS) is 17.7. The molecule has 0 aliphatic carbocycles. The van der Waals surface area contributed by atoms with Crippen molar-refractivity contribution in [1.82, 2.24) is 57.4 Å². The molecule has 2 heterocycles. The number of primary amides is 1. The third-order valence-electron chi connectivity index (χ3n) is 13.0. The van der Waals surface area contributed by atoms with E-state index in [9.17, 15) is 53.1 Å². The number of carbonyl (C=O) groups excluding carboxylic acids is 10. The van der Waals surface area contributed by atoms with Gasteiger partial charge in [-0.3, -0.25) is 47.9 Å². The van der Waals surface area contributed by atoms with Gasteiger partial charge in [0.1, 0.15) is 48.3 Å². The number of nitrogens with one attached hydrogen (secondary N) is 9. The fourth-order valence-electron chi connectivity index (χ4n) is 7.86. The fraction of sp³-hybridized carbons (Fsp3) is 0.612. The van der Waals surface area contributed by atoms with E-state index in [-0.39, 0.29) is 31.7 Å². The molecule has 1 fully saturated rings. The van der Waals surface area contributed by atoms with Crippen molar-refractivity contribution in [3.63, 3.8) is 0 Å². The molecule has 1 aliphatic heterocycles. The summed E-state index contributed by atoms with van der Waals surface area (Å²) in [6, 6.07) is -1.76. The number of aromatic amines is 1. The molecule has 74 heavy (non-hydrogen) atoms. The largest absolute Gasteiger partial charge is 0.391 e. The lowest BCUT2D eigenvalue weighted by atomic mass is 9.97. The molecular weight excluding hydrogens is 979 g/mol. The second-order valence-electron chi connectivity index (χ2n) is 18.8. The molecule has 0 spiro atoms. The van der Waals surface area contributed by atoms with Crippen LogP contribution >= 0.6 is 11.8 Å². The zero-order valence-corrected chi connectivity index (χ0v) is 44.3. The zero-order valence-electron chi connectivity index (χ0n) is 43.5. The summed E-state index contributed by atoms with van der Waals surface area (Å²) in [5, 5.41) is 31.5. The van der Waals surface area contributed by atoms with Gasteiger partial charge in [0.2, 0.25) is 59.1 Å². The lowest BCUT2D eigenvalue weighted by Crippen LogP contribution is -2.62. The Bertz CT molecular complexity index is 2220. The van der Waals surface area contributed by atoms with Crippen molar-refractivity contribution in [3.05, 3.63) is 54.1 Å². The summed E-state index contributed by atoms with van der Waals surface area (Å²) in [4.78, 5) is 142. The van der Waals surface area contributed by atoms with Gasteiger partial charge >= 0.3 is 0 Å². The maximum absolute atomic E-state index is 14.0. The van der Waals surface area contributed by atoms with Crippen molar-refractivity contribution in [1.29, 1.82) is 0 Å². The van der Waals surface area contributed by atoms with Gasteiger partial charge in [0.15, 0.2) is 0 Å². The molecule has 25 heteroatoms. The van der Waals surface area contributed by atoms with E-state index in [1.54, 1.807) is 44.4 Å². The summed E-state index contributed by atoms with van der Waals surface area (Å²) < 4.78 is 0. The molecule has 1 aromatic heterocycles. The molecule has 410 valence electrons. The van der Waals surface area contributed by atoms with Crippen molar-refractivity contribution < 1.29 is 53.1 Å². The number of carbonyl (C=O) groups is 10. The number of nitrogens with two attached hydrogens (primary N) is 2. The van der Waals surface area contributed by atoms with Gasteiger partial charge in [-0.15, -0.1) is 0 Å². The highest BCUT2D eigenvalue weighted by Gasteiger charge is 2.37. The van der Waals surface area contributed by atoms with Crippen LogP contribution in [0.15, 0.2) is 42.9 Å². The SMILES string of the molecule is CC[C@H](C)[C@H](N)C(=O)N[C@@H](Cc1ccccc1)C(=O)N[C@@H](C)C(=O)N[C@@H](CCSC)C(=O)N[C@H](C(=O)N[C@H](C(=O)N[C@@H](C)C(=O)N[C@@H](Cc1cnc[nH]1)C(=O)NCC(=O)N1CCC[C@H]1C(N)=O)[C@@H](C)O)[C@@H](C)CC.